The molecule has 32 heavy (non-hydrogen) atoms. The van der Waals surface area contributed by atoms with Crippen LogP contribution in [0.5, 0.6) is 0 Å². The molecule has 2 aromatic rings. The van der Waals surface area contributed by atoms with E-state index in [-0.39, 0.29) is 18.5 Å². The van der Waals surface area contributed by atoms with Crippen LogP contribution in [-0.2, 0) is 9.47 Å². The van der Waals surface area contributed by atoms with Crippen molar-refractivity contribution in [3.8, 4) is 6.07 Å². The monoisotopic (exact) mass is 442 g/mol. The highest BCUT2D eigenvalue weighted by atomic mass is 16.6. The summed E-state index contributed by atoms with van der Waals surface area (Å²) in [6.07, 6.45) is 0.330. The standard InChI is InChI=1S/C22H30N6O4/c1-8-31-19(29)17-24-18-15(12-23)14(2)11-16(28(18)25-17)27-10-9-22(6,13-27)26(7)20(30)32-21(3,4)5/h11H,8-10,13H2,1-7H3/t22-/m0/s1. The zero-order valence-electron chi connectivity index (χ0n) is 19.7. The number of aromatic nitrogens is 3. The van der Waals surface area contributed by atoms with Crippen molar-refractivity contribution >= 4 is 23.5 Å². The van der Waals surface area contributed by atoms with E-state index in [4.69, 9.17) is 9.47 Å². The zero-order valence-corrected chi connectivity index (χ0v) is 19.7. The van der Waals surface area contributed by atoms with Gasteiger partial charge in [0.1, 0.15) is 17.5 Å². The van der Waals surface area contributed by atoms with Gasteiger partial charge in [-0.25, -0.2) is 9.59 Å². The maximum atomic E-state index is 12.7. The lowest BCUT2D eigenvalue weighted by molar-refractivity contribution is 0.0116. The van der Waals surface area contributed by atoms with Crippen LogP contribution in [0.1, 0.15) is 62.8 Å². The topological polar surface area (TPSA) is 113 Å². The maximum Gasteiger partial charge on any atom is 0.410 e. The Morgan fingerprint density at radius 2 is 2.06 bits per heavy atom. The van der Waals surface area contributed by atoms with Crippen LogP contribution in [0, 0.1) is 18.3 Å². The van der Waals surface area contributed by atoms with Gasteiger partial charge >= 0.3 is 12.1 Å². The van der Waals surface area contributed by atoms with Crippen molar-refractivity contribution in [2.24, 2.45) is 0 Å². The predicted octanol–water partition coefficient (Wildman–Crippen LogP) is 2.92. The normalized spacial score (nSPS) is 18.5. The number of likely N-dealkylation sites (N-methyl/N-ethyl adjacent to an activating group) is 1. The first-order valence-electron chi connectivity index (χ1n) is 10.6. The number of carbonyl (C=O) groups is 2. The molecule has 10 heteroatoms. The van der Waals surface area contributed by atoms with Gasteiger partial charge in [0.15, 0.2) is 5.65 Å². The highest BCUT2D eigenvalue weighted by Crippen LogP contribution is 2.33. The van der Waals surface area contributed by atoms with Gasteiger partial charge in [0.2, 0.25) is 0 Å². The van der Waals surface area contributed by atoms with Gasteiger partial charge in [-0.2, -0.15) is 14.8 Å². The number of nitrogens with zero attached hydrogens (tertiary/aromatic N) is 6. The van der Waals surface area contributed by atoms with Gasteiger partial charge < -0.3 is 19.3 Å². The SMILES string of the molecule is CCOC(=O)c1nc2c(C#N)c(C)cc(N3CC[C@](C)(N(C)C(=O)OC(C)(C)C)C3)n2n1. The van der Waals surface area contributed by atoms with Crippen LogP contribution in [-0.4, -0.2) is 69.4 Å². The quantitative estimate of drug-likeness (QED) is 0.664. The third kappa shape index (κ3) is 4.33. The largest absolute Gasteiger partial charge is 0.460 e. The highest BCUT2D eigenvalue weighted by Gasteiger charge is 2.42. The molecule has 0 N–H and O–H groups in total. The van der Waals surface area contributed by atoms with Crippen molar-refractivity contribution < 1.29 is 19.1 Å². The highest BCUT2D eigenvalue weighted by molar-refractivity contribution is 5.86. The molecule has 0 bridgehead atoms. The van der Waals surface area contributed by atoms with Crippen LogP contribution in [0.3, 0.4) is 0 Å². The first-order valence-corrected chi connectivity index (χ1v) is 10.6. The predicted molar refractivity (Wildman–Crippen MR) is 118 cm³/mol. The zero-order chi connectivity index (χ0) is 23.8. The lowest BCUT2D eigenvalue weighted by atomic mass is 10.0. The summed E-state index contributed by atoms with van der Waals surface area (Å²) >= 11 is 0. The Bertz CT molecular complexity index is 1100. The fraction of sp³-hybridized carbons (Fsp3) is 0.591. The van der Waals surface area contributed by atoms with Crippen molar-refractivity contribution in [1.82, 2.24) is 19.5 Å². The Hall–Kier alpha value is -3.35. The second kappa shape index (κ2) is 8.30. The molecule has 0 saturated carbocycles. The van der Waals surface area contributed by atoms with Crippen LogP contribution in [0.25, 0.3) is 5.65 Å². The van der Waals surface area contributed by atoms with Crippen molar-refractivity contribution in [3.63, 3.8) is 0 Å². The smallest absolute Gasteiger partial charge is 0.410 e. The second-order valence-corrected chi connectivity index (χ2v) is 9.27. The Balaban J connectivity index is 1.97. The molecule has 3 rings (SSSR count). The number of anilines is 1. The minimum absolute atomic E-state index is 0.0944. The van der Waals surface area contributed by atoms with Gasteiger partial charge in [-0.05, 0) is 59.6 Å². The van der Waals surface area contributed by atoms with Gasteiger partial charge in [-0.1, -0.05) is 0 Å². The summed E-state index contributed by atoms with van der Waals surface area (Å²) < 4.78 is 12.1. The summed E-state index contributed by atoms with van der Waals surface area (Å²) in [5.74, 6) is -0.0384. The molecule has 0 radical (unpaired) electrons. The van der Waals surface area contributed by atoms with Crippen LogP contribution >= 0.6 is 0 Å². The van der Waals surface area contributed by atoms with E-state index in [1.54, 1.807) is 18.9 Å². The molecule has 10 nitrogen and oxygen atoms in total. The number of hydrogen-bond acceptors (Lipinski definition) is 8. The van der Waals surface area contributed by atoms with Crippen molar-refractivity contribution in [3.05, 3.63) is 23.0 Å². The molecule has 1 saturated heterocycles. The second-order valence-electron chi connectivity index (χ2n) is 9.27. The molecule has 3 heterocycles. The number of carbonyl (C=O) groups excluding carboxylic acids is 2. The average molecular weight is 443 g/mol. The molecule has 0 aliphatic carbocycles. The molecule has 0 unspecified atom stereocenters. The van der Waals surface area contributed by atoms with Crippen LogP contribution in [0.15, 0.2) is 6.07 Å². The summed E-state index contributed by atoms with van der Waals surface area (Å²) in [5, 5.41) is 13.9. The Kier molecular flexibility index (Phi) is 6.05. The summed E-state index contributed by atoms with van der Waals surface area (Å²) in [4.78, 5) is 32.8. The number of amides is 1. The molecule has 1 aliphatic heterocycles. The Morgan fingerprint density at radius 1 is 1.38 bits per heavy atom. The number of rotatable bonds is 4. The molecular formula is C22H30N6O4. The van der Waals surface area contributed by atoms with E-state index in [2.05, 4.69) is 21.1 Å². The fourth-order valence-corrected chi connectivity index (χ4v) is 3.75. The Labute approximate surface area is 187 Å². The number of pyridine rings is 1. The minimum atomic E-state index is -0.639. The van der Waals surface area contributed by atoms with Crippen molar-refractivity contribution in [1.29, 1.82) is 5.26 Å². The van der Waals surface area contributed by atoms with Gasteiger partial charge in [0.05, 0.1) is 17.7 Å². The molecule has 1 fully saturated rings. The lowest BCUT2D eigenvalue weighted by Crippen LogP contribution is -2.50. The summed E-state index contributed by atoms with van der Waals surface area (Å²) in [7, 11) is 1.74. The lowest BCUT2D eigenvalue weighted by Gasteiger charge is -2.36. The maximum absolute atomic E-state index is 12.7. The molecule has 0 spiro atoms. The first-order chi connectivity index (χ1) is 14.9. The van der Waals surface area contributed by atoms with Crippen LogP contribution in [0.4, 0.5) is 10.6 Å². The van der Waals surface area contributed by atoms with Crippen molar-refractivity contribution in [2.45, 2.75) is 59.1 Å². The third-order valence-corrected chi connectivity index (χ3v) is 5.61. The fourth-order valence-electron chi connectivity index (χ4n) is 3.75. The van der Waals surface area contributed by atoms with E-state index in [0.29, 0.717) is 36.5 Å². The van der Waals surface area contributed by atoms with E-state index >= 15 is 0 Å². The number of nitriles is 1. The van der Waals surface area contributed by atoms with E-state index in [1.165, 1.54) is 4.52 Å². The Morgan fingerprint density at radius 3 is 2.66 bits per heavy atom. The van der Waals surface area contributed by atoms with Crippen LogP contribution < -0.4 is 4.90 Å². The van der Waals surface area contributed by atoms with Crippen molar-refractivity contribution in [2.75, 3.05) is 31.6 Å². The molecule has 1 amide bonds. The first kappa shape index (κ1) is 23.3. The number of fused-ring (bicyclic) bond motifs is 1. The van der Waals surface area contributed by atoms with E-state index in [0.717, 1.165) is 5.56 Å². The summed E-state index contributed by atoms with van der Waals surface area (Å²) in [5.41, 5.74) is 0.331. The van der Waals surface area contributed by atoms with Gasteiger partial charge in [0, 0.05) is 20.1 Å². The number of ether oxygens (including phenoxy) is 2. The van der Waals surface area contributed by atoms with E-state index in [1.807, 2.05) is 40.7 Å². The van der Waals surface area contributed by atoms with Gasteiger partial charge in [0.25, 0.3) is 5.82 Å². The summed E-state index contributed by atoms with van der Waals surface area (Å²) in [6.45, 7) is 12.4. The molecule has 1 aliphatic rings. The summed E-state index contributed by atoms with van der Waals surface area (Å²) in [6, 6.07) is 4.00. The number of hydrogen-bond donors (Lipinski definition) is 0. The van der Waals surface area contributed by atoms with Crippen LogP contribution in [0.2, 0.25) is 0 Å². The number of aryl methyl sites for hydroxylation is 1. The van der Waals surface area contributed by atoms with Gasteiger partial charge in [-0.3, -0.25) is 0 Å². The molecule has 0 aromatic carbocycles. The molecule has 2 aromatic heterocycles. The molecule has 172 valence electrons. The molecular weight excluding hydrogens is 412 g/mol. The van der Waals surface area contributed by atoms with Gasteiger partial charge in [-0.15, -0.1) is 5.10 Å². The third-order valence-electron chi connectivity index (χ3n) is 5.61. The molecule has 1 atom stereocenters. The van der Waals surface area contributed by atoms with E-state index in [9.17, 15) is 14.9 Å². The number of esters is 1. The minimum Gasteiger partial charge on any atom is -0.460 e. The average Bonchev–Trinajstić information content (AvgIpc) is 3.31. The van der Waals surface area contributed by atoms with E-state index < -0.39 is 17.1 Å².